The summed E-state index contributed by atoms with van der Waals surface area (Å²) in [7, 11) is 0. The van der Waals surface area contributed by atoms with Crippen LogP contribution in [0.1, 0.15) is 23.2 Å². The van der Waals surface area contributed by atoms with Crippen molar-refractivity contribution < 1.29 is 14.0 Å². The van der Waals surface area contributed by atoms with E-state index in [1.165, 1.54) is 17.0 Å². The van der Waals surface area contributed by atoms with E-state index in [1.807, 2.05) is 0 Å². The van der Waals surface area contributed by atoms with E-state index in [-0.39, 0.29) is 11.7 Å². The Morgan fingerprint density at radius 2 is 1.86 bits per heavy atom. The molecule has 2 amide bonds. The number of likely N-dealkylation sites (tertiary alicyclic amines) is 1. The van der Waals surface area contributed by atoms with E-state index < -0.39 is 11.9 Å². The summed E-state index contributed by atoms with van der Waals surface area (Å²) >= 11 is 0. The van der Waals surface area contributed by atoms with E-state index in [0.29, 0.717) is 29.3 Å². The van der Waals surface area contributed by atoms with E-state index in [0.717, 1.165) is 6.42 Å². The van der Waals surface area contributed by atoms with Crippen LogP contribution < -0.4 is 5.73 Å². The average Bonchev–Trinajstić information content (AvgIpc) is 2.97. The number of nitrogens with two attached hydrogens (primary N) is 1. The SMILES string of the molecule is NC(=O)C1CCCN1C(=O)c1ccc(F)c2ccccc12. The molecule has 0 saturated carbocycles. The normalized spacial score (nSPS) is 18.1. The molecule has 5 heteroatoms. The number of nitrogens with zero attached hydrogens (tertiary/aromatic N) is 1. The summed E-state index contributed by atoms with van der Waals surface area (Å²) in [5.74, 6) is -1.13. The van der Waals surface area contributed by atoms with Gasteiger partial charge in [-0.2, -0.15) is 0 Å². The predicted octanol–water partition coefficient (Wildman–Crippen LogP) is 2.07. The van der Waals surface area contributed by atoms with Gasteiger partial charge in [0.1, 0.15) is 11.9 Å². The van der Waals surface area contributed by atoms with E-state index in [4.69, 9.17) is 5.73 Å². The molecule has 2 aromatic rings. The van der Waals surface area contributed by atoms with Crippen molar-refractivity contribution in [2.24, 2.45) is 5.73 Å². The lowest BCUT2D eigenvalue weighted by Gasteiger charge is -2.23. The Morgan fingerprint density at radius 3 is 2.57 bits per heavy atom. The first-order valence-corrected chi connectivity index (χ1v) is 6.87. The lowest BCUT2D eigenvalue weighted by molar-refractivity contribution is -0.121. The molecule has 0 aromatic heterocycles. The summed E-state index contributed by atoms with van der Waals surface area (Å²) in [6.45, 7) is 0.498. The number of amides is 2. The third kappa shape index (κ3) is 2.24. The van der Waals surface area contributed by atoms with Gasteiger partial charge in [-0.15, -0.1) is 0 Å². The topological polar surface area (TPSA) is 63.4 Å². The molecule has 0 spiro atoms. The molecule has 1 saturated heterocycles. The third-order valence-electron chi connectivity index (χ3n) is 3.94. The first kappa shape index (κ1) is 13.5. The summed E-state index contributed by atoms with van der Waals surface area (Å²) in [5.41, 5.74) is 5.75. The second-order valence-electron chi connectivity index (χ2n) is 5.20. The molecular formula is C16H15FN2O2. The quantitative estimate of drug-likeness (QED) is 0.918. The molecule has 0 radical (unpaired) electrons. The van der Waals surface area contributed by atoms with Crippen LogP contribution in [0.5, 0.6) is 0 Å². The summed E-state index contributed by atoms with van der Waals surface area (Å²) in [6.07, 6.45) is 1.33. The molecule has 1 fully saturated rings. The number of hydrogen-bond donors (Lipinski definition) is 1. The highest BCUT2D eigenvalue weighted by atomic mass is 19.1. The summed E-state index contributed by atoms with van der Waals surface area (Å²) in [4.78, 5) is 25.6. The van der Waals surface area contributed by atoms with Crippen LogP contribution in [-0.4, -0.2) is 29.3 Å². The minimum atomic E-state index is -0.568. The summed E-state index contributed by atoms with van der Waals surface area (Å²) in [5, 5.41) is 0.954. The van der Waals surface area contributed by atoms with E-state index in [2.05, 4.69) is 0 Å². The fraction of sp³-hybridized carbons (Fsp3) is 0.250. The smallest absolute Gasteiger partial charge is 0.255 e. The van der Waals surface area contributed by atoms with E-state index in [1.54, 1.807) is 24.3 Å². The molecular weight excluding hydrogens is 271 g/mol. The van der Waals surface area contributed by atoms with Crippen LogP contribution in [-0.2, 0) is 4.79 Å². The van der Waals surface area contributed by atoms with Crippen molar-refractivity contribution in [3.8, 4) is 0 Å². The van der Waals surface area contributed by atoms with Gasteiger partial charge >= 0.3 is 0 Å². The number of carbonyl (C=O) groups excluding carboxylic acids is 2. The maximum absolute atomic E-state index is 13.8. The number of fused-ring (bicyclic) bond motifs is 1. The minimum Gasteiger partial charge on any atom is -0.368 e. The Morgan fingerprint density at radius 1 is 1.14 bits per heavy atom. The summed E-state index contributed by atoms with van der Waals surface area (Å²) < 4.78 is 13.8. The maximum atomic E-state index is 13.8. The van der Waals surface area contributed by atoms with Crippen LogP contribution in [0.25, 0.3) is 10.8 Å². The first-order chi connectivity index (χ1) is 10.1. The lowest BCUT2D eigenvalue weighted by atomic mass is 10.0. The van der Waals surface area contributed by atoms with Crippen LogP contribution in [0, 0.1) is 5.82 Å². The Labute approximate surface area is 121 Å². The highest BCUT2D eigenvalue weighted by molar-refractivity contribution is 6.08. The minimum absolute atomic E-state index is 0.271. The van der Waals surface area contributed by atoms with Crippen molar-refractivity contribution >= 4 is 22.6 Å². The zero-order valence-electron chi connectivity index (χ0n) is 11.4. The van der Waals surface area contributed by atoms with Crippen LogP contribution in [0.2, 0.25) is 0 Å². The average molecular weight is 286 g/mol. The number of hydrogen-bond acceptors (Lipinski definition) is 2. The molecule has 3 rings (SSSR count). The van der Waals surface area contributed by atoms with Crippen molar-refractivity contribution in [1.29, 1.82) is 0 Å². The molecule has 1 aliphatic heterocycles. The van der Waals surface area contributed by atoms with Crippen LogP contribution in [0.15, 0.2) is 36.4 Å². The zero-order chi connectivity index (χ0) is 15.0. The Bertz CT molecular complexity index is 729. The van der Waals surface area contributed by atoms with Crippen molar-refractivity contribution in [1.82, 2.24) is 4.90 Å². The molecule has 1 aliphatic rings. The second kappa shape index (κ2) is 5.16. The Kier molecular flexibility index (Phi) is 3.33. The number of carbonyl (C=O) groups is 2. The molecule has 108 valence electrons. The Hall–Kier alpha value is -2.43. The molecule has 1 heterocycles. The van der Waals surface area contributed by atoms with Gasteiger partial charge in [-0.1, -0.05) is 24.3 Å². The third-order valence-corrected chi connectivity index (χ3v) is 3.94. The molecule has 2 aromatic carbocycles. The van der Waals surface area contributed by atoms with Gasteiger partial charge in [0.2, 0.25) is 5.91 Å². The molecule has 1 atom stereocenters. The standard InChI is InChI=1S/C16H15FN2O2/c17-13-8-7-12(10-4-1-2-5-11(10)13)16(21)19-9-3-6-14(19)15(18)20/h1-2,4-5,7-8,14H,3,6,9H2,(H2,18,20). The summed E-state index contributed by atoms with van der Waals surface area (Å²) in [6, 6.07) is 9.01. The molecule has 1 unspecified atom stereocenters. The Balaban J connectivity index is 2.06. The number of primary amides is 1. The van der Waals surface area contributed by atoms with Crippen LogP contribution in [0.4, 0.5) is 4.39 Å². The van der Waals surface area contributed by atoms with Gasteiger partial charge < -0.3 is 10.6 Å². The molecule has 0 aliphatic carbocycles. The van der Waals surface area contributed by atoms with Crippen molar-refractivity contribution in [2.45, 2.75) is 18.9 Å². The van der Waals surface area contributed by atoms with E-state index in [9.17, 15) is 14.0 Å². The maximum Gasteiger partial charge on any atom is 0.255 e. The fourth-order valence-corrected chi connectivity index (χ4v) is 2.91. The largest absolute Gasteiger partial charge is 0.368 e. The van der Waals surface area contributed by atoms with Gasteiger partial charge in [-0.3, -0.25) is 9.59 Å². The van der Waals surface area contributed by atoms with Crippen molar-refractivity contribution in [3.63, 3.8) is 0 Å². The lowest BCUT2D eigenvalue weighted by Crippen LogP contribution is -2.43. The highest BCUT2D eigenvalue weighted by Gasteiger charge is 2.33. The molecule has 2 N–H and O–H groups in total. The molecule has 21 heavy (non-hydrogen) atoms. The van der Waals surface area contributed by atoms with Crippen LogP contribution in [0.3, 0.4) is 0 Å². The second-order valence-corrected chi connectivity index (χ2v) is 5.20. The highest BCUT2D eigenvalue weighted by Crippen LogP contribution is 2.26. The number of halogens is 1. The van der Waals surface area contributed by atoms with Gasteiger partial charge in [0.15, 0.2) is 0 Å². The van der Waals surface area contributed by atoms with Gasteiger partial charge in [0.25, 0.3) is 5.91 Å². The van der Waals surface area contributed by atoms with Crippen LogP contribution >= 0.6 is 0 Å². The monoisotopic (exact) mass is 286 g/mol. The molecule has 0 bridgehead atoms. The fourth-order valence-electron chi connectivity index (χ4n) is 2.91. The molecule has 4 nitrogen and oxygen atoms in total. The van der Waals surface area contributed by atoms with Crippen molar-refractivity contribution in [3.05, 3.63) is 47.8 Å². The number of rotatable bonds is 2. The number of benzene rings is 2. The van der Waals surface area contributed by atoms with Gasteiger partial charge in [-0.25, -0.2) is 4.39 Å². The van der Waals surface area contributed by atoms with E-state index >= 15 is 0 Å². The predicted molar refractivity (Wildman–Crippen MR) is 77.2 cm³/mol. The van der Waals surface area contributed by atoms with Gasteiger partial charge in [0, 0.05) is 17.5 Å². The van der Waals surface area contributed by atoms with Gasteiger partial charge in [-0.05, 0) is 30.4 Å². The first-order valence-electron chi connectivity index (χ1n) is 6.87. The van der Waals surface area contributed by atoms with Gasteiger partial charge in [0.05, 0.1) is 0 Å². The van der Waals surface area contributed by atoms with Crippen molar-refractivity contribution in [2.75, 3.05) is 6.54 Å². The zero-order valence-corrected chi connectivity index (χ0v) is 11.4.